The van der Waals surface area contributed by atoms with Crippen LogP contribution in [0, 0.1) is 0 Å². The molecular weight excluding hydrogens is 480 g/mol. The van der Waals surface area contributed by atoms with Crippen molar-refractivity contribution in [2.24, 2.45) is 0 Å². The lowest BCUT2D eigenvalue weighted by Gasteiger charge is -2.28. The van der Waals surface area contributed by atoms with Crippen molar-refractivity contribution in [2.45, 2.75) is 6.17 Å². The molecular formula is C19H14Br2N2O2S. The van der Waals surface area contributed by atoms with Gasteiger partial charge in [-0.3, -0.25) is 4.79 Å². The first kappa shape index (κ1) is 17.6. The lowest BCUT2D eigenvalue weighted by Crippen LogP contribution is -2.38. The van der Waals surface area contributed by atoms with E-state index in [-0.39, 0.29) is 12.1 Å². The molecule has 0 saturated heterocycles. The van der Waals surface area contributed by atoms with Crippen molar-refractivity contribution < 1.29 is 9.53 Å². The summed E-state index contributed by atoms with van der Waals surface area (Å²) in [6.07, 6.45) is -0.374. The maximum Gasteiger partial charge on any atom is 0.256 e. The van der Waals surface area contributed by atoms with Crippen LogP contribution in [0.25, 0.3) is 11.1 Å². The highest BCUT2D eigenvalue weighted by Crippen LogP contribution is 2.42. The van der Waals surface area contributed by atoms with Gasteiger partial charge in [0.05, 0.1) is 17.1 Å². The third-order valence-corrected chi connectivity index (χ3v) is 6.16. The number of nitrogens with one attached hydrogen (secondary N) is 2. The second-order valence-electron chi connectivity index (χ2n) is 5.78. The first-order chi connectivity index (χ1) is 12.6. The second kappa shape index (κ2) is 7.06. The molecule has 1 aliphatic rings. The Balaban J connectivity index is 1.75. The predicted molar refractivity (Wildman–Crippen MR) is 112 cm³/mol. The molecule has 0 bridgehead atoms. The lowest BCUT2D eigenvalue weighted by molar-refractivity contribution is 0.0936. The van der Waals surface area contributed by atoms with E-state index < -0.39 is 0 Å². The van der Waals surface area contributed by atoms with E-state index in [1.165, 1.54) is 11.3 Å². The van der Waals surface area contributed by atoms with Gasteiger partial charge in [0, 0.05) is 21.0 Å². The van der Waals surface area contributed by atoms with Gasteiger partial charge in [-0.25, -0.2) is 0 Å². The quantitative estimate of drug-likeness (QED) is 0.484. The predicted octanol–water partition coefficient (Wildman–Crippen LogP) is 5.80. The second-order valence-corrected chi connectivity index (χ2v) is 8.43. The van der Waals surface area contributed by atoms with E-state index in [1.54, 1.807) is 7.11 Å². The first-order valence-electron chi connectivity index (χ1n) is 7.85. The Labute approximate surface area is 171 Å². The van der Waals surface area contributed by atoms with E-state index in [1.807, 2.05) is 47.8 Å². The van der Waals surface area contributed by atoms with E-state index in [2.05, 4.69) is 42.5 Å². The molecule has 0 saturated carbocycles. The molecule has 1 amide bonds. The minimum Gasteiger partial charge on any atom is -0.495 e. The van der Waals surface area contributed by atoms with Gasteiger partial charge in [-0.2, -0.15) is 0 Å². The summed E-state index contributed by atoms with van der Waals surface area (Å²) >= 11 is 8.55. The summed E-state index contributed by atoms with van der Waals surface area (Å²) in [4.78, 5) is 12.9. The van der Waals surface area contributed by atoms with E-state index in [0.29, 0.717) is 11.3 Å². The van der Waals surface area contributed by atoms with Crippen molar-refractivity contribution in [1.82, 2.24) is 5.32 Å². The summed E-state index contributed by atoms with van der Waals surface area (Å²) in [5, 5.41) is 9.35. The van der Waals surface area contributed by atoms with Crippen molar-refractivity contribution >= 4 is 54.1 Å². The number of rotatable bonds is 3. The number of thiophene rings is 1. The van der Waals surface area contributed by atoms with Crippen LogP contribution in [0.15, 0.2) is 56.8 Å². The topological polar surface area (TPSA) is 50.4 Å². The number of carbonyl (C=O) groups excluding carboxylic acids is 1. The molecule has 2 heterocycles. The SMILES string of the molecule is COc1c(Br)cc(Br)cc1[C@@H]1NC(=O)c2c(-c3ccccc3)csc2N1. The van der Waals surface area contributed by atoms with Crippen molar-refractivity contribution in [1.29, 1.82) is 0 Å². The van der Waals surface area contributed by atoms with Gasteiger partial charge in [0.25, 0.3) is 5.91 Å². The third-order valence-electron chi connectivity index (χ3n) is 4.21. The number of hydrogen-bond acceptors (Lipinski definition) is 4. The normalized spacial score (nSPS) is 15.8. The van der Waals surface area contributed by atoms with Gasteiger partial charge in [-0.1, -0.05) is 46.3 Å². The highest BCUT2D eigenvalue weighted by molar-refractivity contribution is 9.11. The number of fused-ring (bicyclic) bond motifs is 1. The molecule has 0 radical (unpaired) electrons. The maximum atomic E-state index is 12.9. The molecule has 4 rings (SSSR count). The highest BCUT2D eigenvalue weighted by Gasteiger charge is 2.31. The summed E-state index contributed by atoms with van der Waals surface area (Å²) in [5.41, 5.74) is 3.51. The summed E-state index contributed by atoms with van der Waals surface area (Å²) in [6.45, 7) is 0. The Bertz CT molecular complexity index is 989. The smallest absolute Gasteiger partial charge is 0.256 e. The minimum atomic E-state index is -0.374. The van der Waals surface area contributed by atoms with E-state index in [9.17, 15) is 4.79 Å². The number of methoxy groups -OCH3 is 1. The van der Waals surface area contributed by atoms with Crippen molar-refractivity contribution in [3.63, 3.8) is 0 Å². The monoisotopic (exact) mass is 492 g/mol. The fourth-order valence-electron chi connectivity index (χ4n) is 3.06. The van der Waals surface area contributed by atoms with Crippen LogP contribution in [-0.2, 0) is 0 Å². The summed E-state index contributed by atoms with van der Waals surface area (Å²) < 4.78 is 7.25. The fourth-order valence-corrected chi connectivity index (χ4v) is 5.47. The van der Waals surface area contributed by atoms with Crippen LogP contribution in [0.4, 0.5) is 5.00 Å². The summed E-state index contributed by atoms with van der Waals surface area (Å²) in [6, 6.07) is 13.8. The molecule has 0 spiro atoms. The van der Waals surface area contributed by atoms with Crippen LogP contribution in [0.5, 0.6) is 5.75 Å². The molecule has 26 heavy (non-hydrogen) atoms. The zero-order valence-corrected chi connectivity index (χ0v) is 17.7. The largest absolute Gasteiger partial charge is 0.495 e. The third kappa shape index (κ3) is 3.04. The van der Waals surface area contributed by atoms with Crippen molar-refractivity contribution in [2.75, 3.05) is 12.4 Å². The number of benzene rings is 2. The minimum absolute atomic E-state index is 0.0954. The highest BCUT2D eigenvalue weighted by atomic mass is 79.9. The van der Waals surface area contributed by atoms with Gasteiger partial charge >= 0.3 is 0 Å². The van der Waals surface area contributed by atoms with E-state index in [4.69, 9.17) is 4.74 Å². The Hall–Kier alpha value is -1.83. The van der Waals surface area contributed by atoms with Crippen LogP contribution in [0.2, 0.25) is 0 Å². The molecule has 2 N–H and O–H groups in total. The van der Waals surface area contributed by atoms with Gasteiger partial charge in [-0.15, -0.1) is 11.3 Å². The van der Waals surface area contributed by atoms with Crippen LogP contribution in [0.3, 0.4) is 0 Å². The van der Waals surface area contributed by atoms with Gasteiger partial charge in [-0.05, 0) is 33.6 Å². The average Bonchev–Trinajstić information content (AvgIpc) is 3.06. The molecule has 3 aromatic rings. The van der Waals surface area contributed by atoms with Gasteiger partial charge in [0.2, 0.25) is 0 Å². The fraction of sp³-hybridized carbons (Fsp3) is 0.105. The van der Waals surface area contributed by atoms with Crippen molar-refractivity contribution in [3.05, 3.63) is 67.9 Å². The van der Waals surface area contributed by atoms with Gasteiger partial charge in [0.15, 0.2) is 0 Å². The van der Waals surface area contributed by atoms with Gasteiger partial charge in [0.1, 0.15) is 16.9 Å². The number of amides is 1. The Morgan fingerprint density at radius 3 is 2.62 bits per heavy atom. The standard InChI is InChI=1S/C19H14Br2N2O2S/c1-25-16-12(7-11(20)8-14(16)21)17-22-18(24)15-13(9-26-19(15)23-17)10-5-3-2-4-6-10/h2-9,17,23H,1H3,(H,22,24)/t17-/m1/s1. The summed E-state index contributed by atoms with van der Waals surface area (Å²) in [7, 11) is 1.62. The van der Waals surface area contributed by atoms with E-state index in [0.717, 1.165) is 30.6 Å². The van der Waals surface area contributed by atoms with Crippen LogP contribution in [0.1, 0.15) is 22.1 Å². The molecule has 1 aromatic heterocycles. The Kier molecular flexibility index (Phi) is 4.77. The number of anilines is 1. The zero-order chi connectivity index (χ0) is 18.3. The lowest BCUT2D eigenvalue weighted by atomic mass is 10.0. The molecule has 1 atom stereocenters. The molecule has 2 aromatic carbocycles. The molecule has 4 nitrogen and oxygen atoms in total. The van der Waals surface area contributed by atoms with Crippen LogP contribution < -0.4 is 15.4 Å². The molecule has 7 heteroatoms. The molecule has 1 aliphatic heterocycles. The summed E-state index contributed by atoms with van der Waals surface area (Å²) in [5.74, 6) is 0.594. The van der Waals surface area contributed by atoms with Gasteiger partial charge < -0.3 is 15.4 Å². The first-order valence-corrected chi connectivity index (χ1v) is 10.3. The van der Waals surface area contributed by atoms with Crippen LogP contribution >= 0.6 is 43.2 Å². The number of carbonyl (C=O) groups is 1. The number of ether oxygens (including phenoxy) is 1. The van der Waals surface area contributed by atoms with Crippen molar-refractivity contribution in [3.8, 4) is 16.9 Å². The molecule has 0 unspecified atom stereocenters. The maximum absolute atomic E-state index is 12.9. The number of hydrogen-bond donors (Lipinski definition) is 2. The molecule has 0 fully saturated rings. The molecule has 132 valence electrons. The zero-order valence-electron chi connectivity index (χ0n) is 13.7. The average molecular weight is 494 g/mol. The van der Waals surface area contributed by atoms with Crippen LogP contribution in [-0.4, -0.2) is 13.0 Å². The number of halogens is 2. The Morgan fingerprint density at radius 1 is 1.12 bits per heavy atom. The van der Waals surface area contributed by atoms with E-state index >= 15 is 0 Å². The Morgan fingerprint density at radius 2 is 1.88 bits per heavy atom. The molecule has 0 aliphatic carbocycles.